The second kappa shape index (κ2) is 5.42. The van der Waals surface area contributed by atoms with Gasteiger partial charge >= 0.3 is 141 Å². The van der Waals surface area contributed by atoms with E-state index in [9.17, 15) is 4.79 Å². The number of hydrogen-bond donors (Lipinski definition) is 2. The summed E-state index contributed by atoms with van der Waals surface area (Å²) >= 11 is 4.15. The molecule has 2 aliphatic rings. The van der Waals surface area contributed by atoms with E-state index in [1.54, 1.807) is 6.20 Å². The van der Waals surface area contributed by atoms with Crippen molar-refractivity contribution in [2.45, 2.75) is 32.6 Å². The Kier molecular flexibility index (Phi) is 3.49. The first-order valence-corrected chi connectivity index (χ1v) is 8.46. The molecule has 1 aliphatic heterocycles. The zero-order valence-corrected chi connectivity index (χ0v) is 14.0. The summed E-state index contributed by atoms with van der Waals surface area (Å²) in [5, 5.41) is 8.46. The SMILES string of the molecule is Cc1nnc(-c2c[nH][c](=[Co])[nH]c2=O)cc1N1CCC2(CC1)CC2. The molecule has 2 aromatic rings. The molecule has 6 nitrogen and oxygen atoms in total. The molecule has 23 heavy (non-hydrogen) atoms. The monoisotopic (exact) mass is 356 g/mol. The number of piperidine rings is 1. The van der Waals surface area contributed by atoms with Crippen LogP contribution in [0.2, 0.25) is 0 Å². The van der Waals surface area contributed by atoms with Gasteiger partial charge < -0.3 is 0 Å². The zero-order chi connectivity index (χ0) is 16.0. The van der Waals surface area contributed by atoms with Crippen molar-refractivity contribution in [2.24, 2.45) is 5.41 Å². The molecule has 1 saturated heterocycles. The summed E-state index contributed by atoms with van der Waals surface area (Å²) < 4.78 is 0.414. The van der Waals surface area contributed by atoms with E-state index in [0.717, 1.165) is 24.5 Å². The Morgan fingerprint density at radius 1 is 1.22 bits per heavy atom. The summed E-state index contributed by atoms with van der Waals surface area (Å²) in [6, 6.07) is 1.98. The molecule has 3 heterocycles. The van der Waals surface area contributed by atoms with Crippen LogP contribution in [-0.2, 0) is 15.3 Å². The van der Waals surface area contributed by atoms with Crippen LogP contribution in [0, 0.1) is 16.7 Å². The van der Waals surface area contributed by atoms with E-state index in [0.29, 0.717) is 21.0 Å². The second-order valence-electron chi connectivity index (χ2n) is 6.64. The fourth-order valence-electron chi connectivity index (χ4n) is 3.38. The van der Waals surface area contributed by atoms with Gasteiger partial charge in [0.25, 0.3) is 0 Å². The minimum absolute atomic E-state index is 0.216. The van der Waals surface area contributed by atoms with Crippen LogP contribution in [0.15, 0.2) is 17.1 Å². The quantitative estimate of drug-likeness (QED) is 0.862. The van der Waals surface area contributed by atoms with Crippen molar-refractivity contribution >= 4 is 5.69 Å². The van der Waals surface area contributed by atoms with Crippen LogP contribution < -0.4 is 10.5 Å². The fourth-order valence-corrected chi connectivity index (χ4v) is 3.57. The van der Waals surface area contributed by atoms with Crippen LogP contribution >= 0.6 is 0 Å². The van der Waals surface area contributed by atoms with Gasteiger partial charge in [0, 0.05) is 0 Å². The Balaban J connectivity index is 1.68. The maximum absolute atomic E-state index is 12.1. The molecule has 0 radical (unpaired) electrons. The van der Waals surface area contributed by atoms with Gasteiger partial charge in [-0.05, 0) is 0 Å². The van der Waals surface area contributed by atoms with Gasteiger partial charge in [-0.25, -0.2) is 0 Å². The minimum atomic E-state index is -0.216. The van der Waals surface area contributed by atoms with E-state index in [2.05, 4.69) is 40.4 Å². The Hall–Kier alpha value is -1.73. The summed E-state index contributed by atoms with van der Waals surface area (Å²) in [6.45, 7) is 4.09. The Morgan fingerprint density at radius 3 is 2.61 bits per heavy atom. The molecular formula is C16H19CoN5O. The third-order valence-corrected chi connectivity index (χ3v) is 5.43. The molecule has 4 rings (SSSR count). The third-order valence-electron chi connectivity index (χ3n) is 5.15. The van der Waals surface area contributed by atoms with E-state index in [1.807, 2.05) is 13.0 Å². The molecule has 0 bridgehead atoms. The molecule has 1 saturated carbocycles. The Labute approximate surface area is 141 Å². The molecule has 1 spiro atoms. The summed E-state index contributed by atoms with van der Waals surface area (Å²) in [6.07, 6.45) is 6.92. The zero-order valence-electron chi connectivity index (χ0n) is 13.0. The van der Waals surface area contributed by atoms with Gasteiger partial charge in [0.1, 0.15) is 0 Å². The second-order valence-corrected chi connectivity index (χ2v) is 7.16. The number of H-pyrrole nitrogens is 2. The summed E-state index contributed by atoms with van der Waals surface area (Å²) in [5.41, 5.74) is 3.48. The van der Waals surface area contributed by atoms with Crippen molar-refractivity contribution in [1.82, 2.24) is 20.2 Å². The van der Waals surface area contributed by atoms with Gasteiger partial charge in [-0.3, -0.25) is 0 Å². The number of anilines is 1. The molecule has 1 aliphatic carbocycles. The van der Waals surface area contributed by atoms with Crippen molar-refractivity contribution in [3.05, 3.63) is 32.7 Å². The average molecular weight is 356 g/mol. The topological polar surface area (TPSA) is 77.7 Å². The van der Waals surface area contributed by atoms with Crippen LogP contribution in [-0.4, -0.2) is 33.3 Å². The van der Waals surface area contributed by atoms with Gasteiger partial charge in [0.15, 0.2) is 0 Å². The van der Waals surface area contributed by atoms with Gasteiger partial charge in [-0.1, -0.05) is 0 Å². The molecule has 2 N–H and O–H groups in total. The molecule has 0 aromatic carbocycles. The fraction of sp³-hybridized carbons (Fsp3) is 0.500. The molecule has 2 fully saturated rings. The first kappa shape index (κ1) is 14.8. The number of rotatable bonds is 2. The van der Waals surface area contributed by atoms with Gasteiger partial charge in [-0.15, -0.1) is 0 Å². The normalized spacial score (nSPS) is 19.1. The Morgan fingerprint density at radius 2 is 1.96 bits per heavy atom. The van der Waals surface area contributed by atoms with Crippen molar-refractivity contribution in [3.8, 4) is 11.3 Å². The van der Waals surface area contributed by atoms with E-state index >= 15 is 0 Å². The predicted molar refractivity (Wildman–Crippen MR) is 83.5 cm³/mol. The van der Waals surface area contributed by atoms with Crippen molar-refractivity contribution < 1.29 is 15.3 Å². The number of aromatic nitrogens is 4. The van der Waals surface area contributed by atoms with E-state index in [4.69, 9.17) is 0 Å². The van der Waals surface area contributed by atoms with Crippen molar-refractivity contribution in [3.63, 3.8) is 0 Å². The molecule has 0 amide bonds. The molecule has 0 unspecified atom stereocenters. The van der Waals surface area contributed by atoms with Gasteiger partial charge in [0.2, 0.25) is 0 Å². The molecule has 7 heteroatoms. The van der Waals surface area contributed by atoms with Crippen LogP contribution in [0.4, 0.5) is 5.69 Å². The van der Waals surface area contributed by atoms with E-state index in [-0.39, 0.29) is 5.56 Å². The molecule has 0 atom stereocenters. The average Bonchev–Trinajstić information content (AvgIpc) is 3.29. The van der Waals surface area contributed by atoms with Crippen LogP contribution in [0.1, 0.15) is 31.4 Å². The van der Waals surface area contributed by atoms with Gasteiger partial charge in [0.05, 0.1) is 0 Å². The van der Waals surface area contributed by atoms with E-state index in [1.165, 1.54) is 25.7 Å². The van der Waals surface area contributed by atoms with Crippen LogP contribution in [0.3, 0.4) is 0 Å². The van der Waals surface area contributed by atoms with Gasteiger partial charge in [-0.2, -0.15) is 0 Å². The first-order valence-electron chi connectivity index (χ1n) is 7.94. The number of nitrogens with zero attached hydrogens (tertiary/aromatic N) is 3. The molecule has 2 aromatic heterocycles. The maximum atomic E-state index is 12.1. The number of hydrogen-bond acceptors (Lipinski definition) is 4. The number of aromatic amines is 2. The number of nitrogens with one attached hydrogen (secondary N) is 2. The summed E-state index contributed by atoms with van der Waals surface area (Å²) in [4.78, 5) is 20.0. The molecular weight excluding hydrogens is 337 g/mol. The predicted octanol–water partition coefficient (Wildman–Crippen LogP) is 1.93. The summed E-state index contributed by atoms with van der Waals surface area (Å²) in [5.74, 6) is 0. The van der Waals surface area contributed by atoms with Crippen LogP contribution in [0.25, 0.3) is 11.3 Å². The number of aryl methyl sites for hydroxylation is 1. The Bertz CT molecular complexity index is 857. The van der Waals surface area contributed by atoms with Crippen molar-refractivity contribution in [2.75, 3.05) is 18.0 Å². The van der Waals surface area contributed by atoms with Crippen molar-refractivity contribution in [1.29, 1.82) is 0 Å². The third kappa shape index (κ3) is 2.79. The van der Waals surface area contributed by atoms with Crippen LogP contribution in [0.5, 0.6) is 0 Å². The summed E-state index contributed by atoms with van der Waals surface area (Å²) in [7, 11) is 0. The molecule has 123 valence electrons. The first-order chi connectivity index (χ1) is 11.1. The standard InChI is InChI=1S/C16H19N5O.Co/c1-11-14(21-6-4-16(2-3-16)5-7-21)8-13(20-19-11)12-9-17-10-18-15(12)22;/h8-9,17H,2-7H2,1H3,(H,18,22);. The van der Waals surface area contributed by atoms with E-state index < -0.39 is 0 Å².